The van der Waals surface area contributed by atoms with Crippen molar-refractivity contribution < 1.29 is 13.9 Å². The van der Waals surface area contributed by atoms with Crippen LogP contribution < -0.4 is 15.4 Å². The molecular weight excluding hydrogens is 522 g/mol. The van der Waals surface area contributed by atoms with Crippen LogP contribution in [0.3, 0.4) is 0 Å². The van der Waals surface area contributed by atoms with Gasteiger partial charge in [-0.05, 0) is 48.7 Å². The minimum absolute atomic E-state index is 0. The van der Waals surface area contributed by atoms with E-state index in [9.17, 15) is 4.39 Å². The van der Waals surface area contributed by atoms with E-state index in [-0.39, 0.29) is 29.8 Å². The zero-order chi connectivity index (χ0) is 21.7. The van der Waals surface area contributed by atoms with E-state index >= 15 is 0 Å². The van der Waals surface area contributed by atoms with Crippen LogP contribution in [0.5, 0.6) is 5.75 Å². The Bertz CT molecular complexity index is 831. The van der Waals surface area contributed by atoms with Crippen molar-refractivity contribution in [2.45, 2.75) is 19.9 Å². The highest BCUT2D eigenvalue weighted by Gasteiger charge is 2.09. The molecule has 2 aromatic rings. The van der Waals surface area contributed by atoms with Crippen LogP contribution >= 0.6 is 24.0 Å². The normalized spacial score (nSPS) is 14.5. The van der Waals surface area contributed by atoms with Gasteiger partial charge in [0.25, 0.3) is 0 Å². The van der Waals surface area contributed by atoms with Gasteiger partial charge in [0, 0.05) is 32.7 Å². The molecule has 1 heterocycles. The van der Waals surface area contributed by atoms with Crippen molar-refractivity contribution in [2.75, 3.05) is 52.5 Å². The van der Waals surface area contributed by atoms with Crippen LogP contribution in [-0.4, -0.2) is 63.4 Å². The van der Waals surface area contributed by atoms with Gasteiger partial charge in [0.2, 0.25) is 0 Å². The molecule has 0 saturated carbocycles. The Labute approximate surface area is 207 Å². The van der Waals surface area contributed by atoms with Gasteiger partial charge in [0.1, 0.15) is 18.2 Å². The fourth-order valence-electron chi connectivity index (χ4n) is 3.38. The number of ether oxygens (including phenoxy) is 2. The molecule has 0 spiro atoms. The van der Waals surface area contributed by atoms with Crippen LogP contribution in [0.25, 0.3) is 0 Å². The number of halogens is 2. The van der Waals surface area contributed by atoms with Crippen molar-refractivity contribution in [1.29, 1.82) is 0 Å². The van der Waals surface area contributed by atoms with Gasteiger partial charge in [-0.25, -0.2) is 9.38 Å². The first kappa shape index (κ1) is 26.3. The Balaban J connectivity index is 0.00000363. The molecule has 32 heavy (non-hydrogen) atoms. The van der Waals surface area contributed by atoms with Gasteiger partial charge in [-0.15, -0.1) is 24.0 Å². The average Bonchev–Trinajstić information content (AvgIpc) is 2.79. The van der Waals surface area contributed by atoms with Gasteiger partial charge >= 0.3 is 0 Å². The first-order valence-electron chi connectivity index (χ1n) is 11.0. The van der Waals surface area contributed by atoms with Gasteiger partial charge < -0.3 is 20.1 Å². The predicted molar refractivity (Wildman–Crippen MR) is 138 cm³/mol. The predicted octanol–water partition coefficient (Wildman–Crippen LogP) is 3.45. The summed E-state index contributed by atoms with van der Waals surface area (Å²) in [4.78, 5) is 7.03. The molecule has 176 valence electrons. The maximum absolute atomic E-state index is 13.3. The minimum atomic E-state index is -0.204. The fourth-order valence-corrected chi connectivity index (χ4v) is 3.38. The fraction of sp³-hybridized carbons (Fsp3) is 0.458. The molecule has 8 heteroatoms. The van der Waals surface area contributed by atoms with Crippen molar-refractivity contribution >= 4 is 29.9 Å². The van der Waals surface area contributed by atoms with Crippen LogP contribution in [0.2, 0.25) is 0 Å². The third-order valence-electron chi connectivity index (χ3n) is 5.04. The summed E-state index contributed by atoms with van der Waals surface area (Å²) in [6, 6.07) is 14.8. The number of hydrogen-bond acceptors (Lipinski definition) is 4. The monoisotopic (exact) mass is 556 g/mol. The van der Waals surface area contributed by atoms with E-state index < -0.39 is 0 Å². The molecule has 6 nitrogen and oxygen atoms in total. The maximum atomic E-state index is 13.3. The second kappa shape index (κ2) is 15.0. The molecule has 3 rings (SSSR count). The average molecular weight is 556 g/mol. The lowest BCUT2D eigenvalue weighted by Gasteiger charge is -2.26. The van der Waals surface area contributed by atoms with E-state index in [0.717, 1.165) is 68.6 Å². The molecule has 0 radical (unpaired) electrons. The molecule has 0 unspecified atom stereocenters. The lowest BCUT2D eigenvalue weighted by Crippen LogP contribution is -2.38. The molecule has 2 N–H and O–H groups in total. The van der Waals surface area contributed by atoms with Crippen LogP contribution in [0.1, 0.15) is 18.1 Å². The smallest absolute Gasteiger partial charge is 0.191 e. The summed E-state index contributed by atoms with van der Waals surface area (Å²) < 4.78 is 24.6. The molecule has 0 atom stereocenters. The quantitative estimate of drug-likeness (QED) is 0.267. The summed E-state index contributed by atoms with van der Waals surface area (Å²) in [7, 11) is 0. The number of guanidine groups is 1. The third-order valence-corrected chi connectivity index (χ3v) is 5.04. The van der Waals surface area contributed by atoms with Crippen molar-refractivity contribution in [3.8, 4) is 5.75 Å². The van der Waals surface area contributed by atoms with Gasteiger partial charge in [-0.3, -0.25) is 4.90 Å². The molecule has 1 aliphatic heterocycles. The molecule has 0 aliphatic carbocycles. The highest BCUT2D eigenvalue weighted by Crippen LogP contribution is 2.14. The highest BCUT2D eigenvalue weighted by atomic mass is 127. The van der Waals surface area contributed by atoms with Gasteiger partial charge in [-0.1, -0.05) is 24.3 Å². The number of nitrogens with one attached hydrogen (secondary N) is 2. The lowest BCUT2D eigenvalue weighted by molar-refractivity contribution is 0.0322. The van der Waals surface area contributed by atoms with E-state index in [1.54, 1.807) is 12.1 Å². The number of hydrogen-bond donors (Lipinski definition) is 2. The van der Waals surface area contributed by atoms with E-state index in [4.69, 9.17) is 9.47 Å². The summed E-state index contributed by atoms with van der Waals surface area (Å²) in [5, 5.41) is 6.57. The summed E-state index contributed by atoms with van der Waals surface area (Å²) >= 11 is 0. The second-order valence-corrected chi connectivity index (χ2v) is 7.45. The van der Waals surface area contributed by atoms with E-state index in [1.165, 1.54) is 6.07 Å². The van der Waals surface area contributed by atoms with Gasteiger partial charge in [-0.2, -0.15) is 0 Å². The first-order valence-corrected chi connectivity index (χ1v) is 11.0. The zero-order valence-corrected chi connectivity index (χ0v) is 21.0. The van der Waals surface area contributed by atoms with Crippen molar-refractivity contribution in [3.05, 3.63) is 65.5 Å². The Morgan fingerprint density at radius 2 is 1.88 bits per heavy atom. The number of rotatable bonds is 10. The first-order chi connectivity index (χ1) is 15.2. The number of aliphatic imine (C=N–C) groups is 1. The number of benzene rings is 2. The Morgan fingerprint density at radius 3 is 2.66 bits per heavy atom. The second-order valence-electron chi connectivity index (χ2n) is 7.45. The van der Waals surface area contributed by atoms with Crippen molar-refractivity contribution in [2.24, 2.45) is 4.99 Å². The van der Waals surface area contributed by atoms with Gasteiger partial charge in [0.05, 0.1) is 19.8 Å². The Hall–Kier alpha value is -1.91. The van der Waals surface area contributed by atoms with Crippen LogP contribution in [0, 0.1) is 5.82 Å². The molecule has 0 aromatic heterocycles. The Morgan fingerprint density at radius 1 is 1.09 bits per heavy atom. The molecule has 0 bridgehead atoms. The summed E-state index contributed by atoms with van der Waals surface area (Å²) in [6.45, 7) is 9.16. The molecule has 2 aromatic carbocycles. The Kier molecular flexibility index (Phi) is 12.4. The summed E-state index contributed by atoms with van der Waals surface area (Å²) in [5.41, 5.74) is 2.05. The third kappa shape index (κ3) is 9.70. The molecule has 1 fully saturated rings. The summed E-state index contributed by atoms with van der Waals surface area (Å²) in [6.07, 6.45) is 0.731. The molecule has 1 aliphatic rings. The largest absolute Gasteiger partial charge is 0.492 e. The van der Waals surface area contributed by atoms with Crippen LogP contribution in [0.4, 0.5) is 4.39 Å². The van der Waals surface area contributed by atoms with E-state index in [1.807, 2.05) is 31.2 Å². The topological polar surface area (TPSA) is 58.1 Å². The van der Waals surface area contributed by atoms with Crippen LogP contribution in [0.15, 0.2) is 53.5 Å². The summed E-state index contributed by atoms with van der Waals surface area (Å²) in [5.74, 6) is 1.41. The number of morpholine rings is 1. The SMILES string of the molecule is CCNC(=NCc1cccc(OCCN2CCOCC2)c1)NCCc1cccc(F)c1.I. The zero-order valence-electron chi connectivity index (χ0n) is 18.7. The van der Waals surface area contributed by atoms with E-state index in [0.29, 0.717) is 19.7 Å². The van der Waals surface area contributed by atoms with Crippen molar-refractivity contribution in [1.82, 2.24) is 15.5 Å². The minimum Gasteiger partial charge on any atom is -0.492 e. The molecule has 0 amide bonds. The van der Waals surface area contributed by atoms with E-state index in [2.05, 4.69) is 26.6 Å². The van der Waals surface area contributed by atoms with Gasteiger partial charge in [0.15, 0.2) is 5.96 Å². The van der Waals surface area contributed by atoms with Crippen molar-refractivity contribution in [3.63, 3.8) is 0 Å². The standard InChI is InChI=1S/C24H33FN4O2.HI/c1-2-26-24(27-10-9-20-5-3-7-22(25)17-20)28-19-21-6-4-8-23(18-21)31-16-13-29-11-14-30-15-12-29;/h3-8,17-18H,2,9-16,19H2,1H3,(H2,26,27,28);1H. The molecular formula is C24H34FIN4O2. The lowest BCUT2D eigenvalue weighted by atomic mass is 10.1. The number of nitrogens with zero attached hydrogens (tertiary/aromatic N) is 2. The maximum Gasteiger partial charge on any atom is 0.191 e. The van der Waals surface area contributed by atoms with Crippen LogP contribution in [-0.2, 0) is 17.7 Å². The molecule has 1 saturated heterocycles. The highest BCUT2D eigenvalue weighted by molar-refractivity contribution is 14.0.